The maximum absolute atomic E-state index is 11.8. The van der Waals surface area contributed by atoms with Gasteiger partial charge in [-0.15, -0.1) is 0 Å². The summed E-state index contributed by atoms with van der Waals surface area (Å²) in [6.45, 7) is 1.48. The van der Waals surface area contributed by atoms with Crippen molar-refractivity contribution in [3.63, 3.8) is 0 Å². The van der Waals surface area contributed by atoms with Crippen LogP contribution in [0.3, 0.4) is 0 Å². The number of aromatic amines is 1. The number of aryl methyl sites for hydroxylation is 1. The van der Waals surface area contributed by atoms with Crippen molar-refractivity contribution in [2.45, 2.75) is 6.92 Å². The van der Waals surface area contributed by atoms with Crippen LogP contribution in [0.1, 0.15) is 11.3 Å². The minimum atomic E-state index is -0.605. The van der Waals surface area contributed by atoms with Crippen molar-refractivity contribution < 1.29 is 10.0 Å². The molecule has 0 aliphatic heterocycles. The number of hydrogen-bond acceptors (Lipinski definition) is 7. The third-order valence-electron chi connectivity index (χ3n) is 2.55. The van der Waals surface area contributed by atoms with Crippen LogP contribution in [0.2, 0.25) is 0 Å². The van der Waals surface area contributed by atoms with Crippen LogP contribution in [0.15, 0.2) is 28.1 Å². The van der Waals surface area contributed by atoms with Crippen molar-refractivity contribution in [1.82, 2.24) is 14.9 Å². The fourth-order valence-electron chi connectivity index (χ4n) is 1.46. The summed E-state index contributed by atoms with van der Waals surface area (Å²) >= 11 is 4.88. The summed E-state index contributed by atoms with van der Waals surface area (Å²) in [5.41, 5.74) is -0.499. The minimum Gasteiger partial charge on any atom is -0.507 e. The van der Waals surface area contributed by atoms with Crippen molar-refractivity contribution in [2.75, 3.05) is 0 Å². The van der Waals surface area contributed by atoms with E-state index in [9.17, 15) is 20.0 Å². The molecule has 0 aliphatic rings. The Balaban J connectivity index is 2.50. The number of rotatable bonds is 3. The van der Waals surface area contributed by atoms with E-state index in [2.05, 4.69) is 15.3 Å². The summed E-state index contributed by atoms with van der Waals surface area (Å²) in [6.07, 6.45) is 1.10. The molecule has 2 N–H and O–H groups in total. The van der Waals surface area contributed by atoms with Gasteiger partial charge >= 0.3 is 0 Å². The lowest BCUT2D eigenvalue weighted by molar-refractivity contribution is -0.384. The highest BCUT2D eigenvalue weighted by Crippen LogP contribution is 2.21. The van der Waals surface area contributed by atoms with Crippen LogP contribution >= 0.6 is 12.2 Å². The Hall–Kier alpha value is -2.88. The SMILES string of the molecule is Cc1n[nH]c(=S)n(N=Cc2cc([N+](=O)[O-])ccc2O)c1=O. The van der Waals surface area contributed by atoms with E-state index in [4.69, 9.17) is 12.2 Å². The van der Waals surface area contributed by atoms with E-state index in [0.717, 1.165) is 23.0 Å². The Kier molecular flexibility index (Phi) is 3.89. The molecule has 0 aliphatic carbocycles. The number of non-ortho nitro benzene ring substituents is 1. The highest BCUT2D eigenvalue weighted by atomic mass is 32.1. The van der Waals surface area contributed by atoms with Gasteiger partial charge in [-0.3, -0.25) is 20.0 Å². The smallest absolute Gasteiger partial charge is 0.296 e. The van der Waals surface area contributed by atoms with E-state index in [1.54, 1.807) is 0 Å². The molecular formula is C11H9N5O4S. The van der Waals surface area contributed by atoms with E-state index >= 15 is 0 Å². The summed E-state index contributed by atoms with van der Waals surface area (Å²) in [4.78, 5) is 21.9. The second-order valence-electron chi connectivity index (χ2n) is 3.98. The van der Waals surface area contributed by atoms with Crippen LogP contribution in [-0.2, 0) is 0 Å². The summed E-state index contributed by atoms with van der Waals surface area (Å²) in [6, 6.07) is 3.45. The molecule has 0 spiro atoms. The van der Waals surface area contributed by atoms with Gasteiger partial charge in [0.1, 0.15) is 11.4 Å². The zero-order valence-corrected chi connectivity index (χ0v) is 11.5. The molecular weight excluding hydrogens is 298 g/mol. The van der Waals surface area contributed by atoms with Gasteiger partial charge in [0.2, 0.25) is 4.77 Å². The molecule has 0 atom stereocenters. The van der Waals surface area contributed by atoms with Crippen LogP contribution in [0, 0.1) is 21.8 Å². The lowest BCUT2D eigenvalue weighted by Crippen LogP contribution is -2.22. The average molecular weight is 307 g/mol. The average Bonchev–Trinajstić information content (AvgIpc) is 2.44. The van der Waals surface area contributed by atoms with E-state index in [1.165, 1.54) is 13.0 Å². The number of hydrogen-bond donors (Lipinski definition) is 2. The molecule has 21 heavy (non-hydrogen) atoms. The monoisotopic (exact) mass is 307 g/mol. The predicted octanol–water partition coefficient (Wildman–Crippen LogP) is 1.11. The van der Waals surface area contributed by atoms with Gasteiger partial charge in [0, 0.05) is 17.7 Å². The number of nitrogens with one attached hydrogen (secondary N) is 1. The normalized spacial score (nSPS) is 10.9. The Bertz CT molecular complexity index is 854. The van der Waals surface area contributed by atoms with Crippen LogP contribution < -0.4 is 5.56 Å². The molecule has 0 saturated carbocycles. The predicted molar refractivity (Wildman–Crippen MR) is 76.2 cm³/mol. The molecule has 0 saturated heterocycles. The molecule has 0 radical (unpaired) electrons. The second-order valence-corrected chi connectivity index (χ2v) is 4.36. The van der Waals surface area contributed by atoms with Crippen LogP contribution in [0.4, 0.5) is 5.69 Å². The lowest BCUT2D eigenvalue weighted by Gasteiger charge is -2.00. The molecule has 0 unspecified atom stereocenters. The number of benzene rings is 1. The minimum absolute atomic E-state index is 0.0354. The van der Waals surface area contributed by atoms with Crippen molar-refractivity contribution in [3.8, 4) is 5.75 Å². The summed E-state index contributed by atoms with van der Waals surface area (Å²) < 4.78 is 0.836. The maximum atomic E-state index is 11.8. The number of nitrogens with zero attached hydrogens (tertiary/aromatic N) is 4. The topological polar surface area (TPSA) is 126 Å². The highest BCUT2D eigenvalue weighted by Gasteiger charge is 2.09. The molecule has 0 fully saturated rings. The van der Waals surface area contributed by atoms with Crippen LogP contribution in [0.25, 0.3) is 0 Å². The second kappa shape index (κ2) is 5.63. The van der Waals surface area contributed by atoms with Crippen molar-refractivity contribution >= 4 is 24.1 Å². The van der Waals surface area contributed by atoms with E-state index < -0.39 is 10.5 Å². The standard InChI is InChI=1S/C11H9N5O4S/c1-6-10(18)15(11(21)14-13-6)12-5-7-4-8(16(19)20)2-3-9(7)17/h2-5,17H,1H3,(H,14,21). The fraction of sp³-hybridized carbons (Fsp3) is 0.0909. The lowest BCUT2D eigenvalue weighted by atomic mass is 10.2. The maximum Gasteiger partial charge on any atom is 0.296 e. The molecule has 1 aromatic carbocycles. The van der Waals surface area contributed by atoms with Crippen LogP contribution in [0.5, 0.6) is 5.75 Å². The van der Waals surface area contributed by atoms with Gasteiger partial charge in [0.25, 0.3) is 11.2 Å². The summed E-state index contributed by atoms with van der Waals surface area (Å²) in [7, 11) is 0. The quantitative estimate of drug-likeness (QED) is 0.378. The van der Waals surface area contributed by atoms with E-state index in [0.29, 0.717) is 0 Å². The number of phenolic OH excluding ortho intramolecular Hbond substituents is 1. The number of aromatic hydroxyl groups is 1. The number of nitro benzene ring substituents is 1. The Morgan fingerprint density at radius 2 is 2.29 bits per heavy atom. The van der Waals surface area contributed by atoms with Crippen LogP contribution in [-0.4, -0.2) is 31.1 Å². The largest absolute Gasteiger partial charge is 0.507 e. The summed E-state index contributed by atoms with van der Waals surface area (Å²) in [5.74, 6) is -0.210. The Labute approximate surface area is 122 Å². The third kappa shape index (κ3) is 3.00. The van der Waals surface area contributed by atoms with Gasteiger partial charge in [-0.2, -0.15) is 14.9 Å². The van der Waals surface area contributed by atoms with Gasteiger partial charge in [-0.1, -0.05) is 0 Å². The van der Waals surface area contributed by atoms with Gasteiger partial charge < -0.3 is 5.11 Å². The van der Waals surface area contributed by atoms with E-state index in [1.807, 2.05) is 0 Å². The Morgan fingerprint density at radius 3 is 2.95 bits per heavy atom. The number of phenols is 1. The first-order valence-electron chi connectivity index (χ1n) is 5.60. The molecule has 1 heterocycles. The first kappa shape index (κ1) is 14.5. The number of H-pyrrole nitrogens is 1. The molecule has 10 heteroatoms. The molecule has 1 aromatic heterocycles. The number of nitro groups is 1. The van der Waals surface area contributed by atoms with Gasteiger partial charge in [-0.05, 0) is 25.2 Å². The first-order valence-corrected chi connectivity index (χ1v) is 6.01. The molecule has 0 bridgehead atoms. The molecule has 2 rings (SSSR count). The fourth-order valence-corrected chi connectivity index (χ4v) is 1.63. The summed E-state index contributed by atoms with van der Waals surface area (Å²) in [5, 5.41) is 30.3. The van der Waals surface area contributed by atoms with Gasteiger partial charge in [-0.25, -0.2) is 0 Å². The third-order valence-corrected chi connectivity index (χ3v) is 2.81. The zero-order chi connectivity index (χ0) is 15.6. The highest BCUT2D eigenvalue weighted by molar-refractivity contribution is 7.71. The first-order chi connectivity index (χ1) is 9.90. The van der Waals surface area contributed by atoms with Gasteiger partial charge in [0.05, 0.1) is 11.1 Å². The van der Waals surface area contributed by atoms with E-state index in [-0.39, 0.29) is 27.5 Å². The molecule has 9 nitrogen and oxygen atoms in total. The van der Waals surface area contributed by atoms with Crippen molar-refractivity contribution in [2.24, 2.45) is 5.10 Å². The molecule has 0 amide bonds. The molecule has 108 valence electrons. The van der Waals surface area contributed by atoms with Crippen molar-refractivity contribution in [1.29, 1.82) is 0 Å². The van der Waals surface area contributed by atoms with Gasteiger partial charge in [0.15, 0.2) is 0 Å². The zero-order valence-electron chi connectivity index (χ0n) is 10.7. The Morgan fingerprint density at radius 1 is 1.57 bits per heavy atom. The number of aromatic nitrogens is 3. The molecule has 2 aromatic rings. The van der Waals surface area contributed by atoms with Crippen molar-refractivity contribution in [3.05, 3.63) is 54.7 Å².